The first kappa shape index (κ1) is 16.1. The smallest absolute Gasteiger partial charge is 0.276 e. The number of benzene rings is 1. The Bertz CT molecular complexity index is 714. The average Bonchev–Trinajstić information content (AvgIpc) is 3.14. The Balaban J connectivity index is 1.81. The Morgan fingerprint density at radius 3 is 3.04 bits per heavy atom. The summed E-state index contributed by atoms with van der Waals surface area (Å²) in [6.07, 6.45) is 1.03. The molecule has 0 unspecified atom stereocenters. The molecule has 23 heavy (non-hydrogen) atoms. The Hall–Kier alpha value is -1.73. The van der Waals surface area contributed by atoms with Gasteiger partial charge in [0.15, 0.2) is 5.69 Å². The molecule has 1 aromatic heterocycles. The first-order valence-corrected chi connectivity index (χ1v) is 8.51. The fourth-order valence-electron chi connectivity index (χ4n) is 3.00. The second-order valence-electron chi connectivity index (χ2n) is 5.88. The predicted molar refractivity (Wildman–Crippen MR) is 91.7 cm³/mol. The highest BCUT2D eigenvalue weighted by molar-refractivity contribution is 9.10. The van der Waals surface area contributed by atoms with Crippen LogP contribution < -0.4 is 5.32 Å². The molecule has 1 fully saturated rings. The fourth-order valence-corrected chi connectivity index (χ4v) is 3.39. The van der Waals surface area contributed by atoms with Gasteiger partial charge < -0.3 is 10.2 Å². The van der Waals surface area contributed by atoms with E-state index in [-0.39, 0.29) is 5.91 Å². The van der Waals surface area contributed by atoms with Crippen molar-refractivity contribution in [1.29, 1.82) is 0 Å². The minimum Gasteiger partial charge on any atom is -0.337 e. The van der Waals surface area contributed by atoms with Gasteiger partial charge >= 0.3 is 0 Å². The van der Waals surface area contributed by atoms with Gasteiger partial charge in [0.25, 0.3) is 5.91 Å². The first-order valence-electron chi connectivity index (χ1n) is 7.72. The highest BCUT2D eigenvalue weighted by Gasteiger charge is 2.29. The number of rotatable bonds is 4. The molecular formula is C16H20BrN5O. The summed E-state index contributed by atoms with van der Waals surface area (Å²) in [5.41, 5.74) is 2.10. The third kappa shape index (κ3) is 3.30. The third-order valence-electron chi connectivity index (χ3n) is 4.22. The van der Waals surface area contributed by atoms with E-state index in [1.165, 1.54) is 0 Å². The van der Waals surface area contributed by atoms with Crippen molar-refractivity contribution in [2.45, 2.75) is 13.3 Å². The molecule has 0 radical (unpaired) electrons. The summed E-state index contributed by atoms with van der Waals surface area (Å²) in [5.74, 6) is 0.492. The van der Waals surface area contributed by atoms with Crippen LogP contribution in [0, 0.1) is 12.8 Å². The topological polar surface area (TPSA) is 63.1 Å². The third-order valence-corrected chi connectivity index (χ3v) is 4.71. The van der Waals surface area contributed by atoms with Crippen molar-refractivity contribution in [2.75, 3.05) is 26.7 Å². The molecule has 1 aliphatic heterocycles. The van der Waals surface area contributed by atoms with Crippen LogP contribution in [0.2, 0.25) is 0 Å². The number of halogens is 1. The van der Waals surface area contributed by atoms with Crippen LogP contribution in [0.15, 0.2) is 28.7 Å². The molecular weight excluding hydrogens is 358 g/mol. The van der Waals surface area contributed by atoms with Crippen LogP contribution in [0.5, 0.6) is 0 Å². The van der Waals surface area contributed by atoms with Gasteiger partial charge in [0.1, 0.15) is 0 Å². The Labute approximate surface area is 144 Å². The van der Waals surface area contributed by atoms with Crippen molar-refractivity contribution in [3.8, 4) is 5.69 Å². The van der Waals surface area contributed by atoms with Gasteiger partial charge in [-0.05, 0) is 51.1 Å². The maximum Gasteiger partial charge on any atom is 0.276 e. The standard InChI is InChI=1S/C16H20BrN5O/c1-11-15(16(23)21-7-6-12(10-21)9-18-2)19-20-22(11)14-5-3-4-13(17)8-14/h3-5,8,12,18H,6-7,9-10H2,1-2H3/t12-/m0/s1. The lowest BCUT2D eigenvalue weighted by Crippen LogP contribution is -2.31. The van der Waals surface area contributed by atoms with Crippen molar-refractivity contribution >= 4 is 21.8 Å². The first-order chi connectivity index (χ1) is 11.1. The largest absolute Gasteiger partial charge is 0.337 e. The number of carbonyl (C=O) groups is 1. The van der Waals surface area contributed by atoms with Crippen LogP contribution in [-0.2, 0) is 0 Å². The lowest BCUT2D eigenvalue weighted by atomic mass is 10.1. The molecule has 2 aromatic rings. The van der Waals surface area contributed by atoms with Gasteiger partial charge in [-0.2, -0.15) is 0 Å². The summed E-state index contributed by atoms with van der Waals surface area (Å²) in [6.45, 7) is 4.39. The average molecular weight is 378 g/mol. The fraction of sp³-hybridized carbons (Fsp3) is 0.438. The number of aromatic nitrogens is 3. The molecule has 3 rings (SSSR count). The second-order valence-corrected chi connectivity index (χ2v) is 6.79. The highest BCUT2D eigenvalue weighted by Crippen LogP contribution is 2.21. The van der Waals surface area contributed by atoms with E-state index in [4.69, 9.17) is 0 Å². The van der Waals surface area contributed by atoms with Gasteiger partial charge in [0, 0.05) is 17.6 Å². The van der Waals surface area contributed by atoms with Gasteiger partial charge in [-0.25, -0.2) is 4.68 Å². The van der Waals surface area contributed by atoms with Crippen LogP contribution in [0.3, 0.4) is 0 Å². The van der Waals surface area contributed by atoms with E-state index < -0.39 is 0 Å². The molecule has 1 N–H and O–H groups in total. The summed E-state index contributed by atoms with van der Waals surface area (Å²) < 4.78 is 2.67. The van der Waals surface area contributed by atoms with Gasteiger partial charge in [0.05, 0.1) is 11.4 Å². The molecule has 1 atom stereocenters. The van der Waals surface area contributed by atoms with Crippen LogP contribution in [0.1, 0.15) is 22.6 Å². The maximum absolute atomic E-state index is 12.7. The molecule has 0 spiro atoms. The molecule has 6 nitrogen and oxygen atoms in total. The van der Waals surface area contributed by atoms with Crippen molar-refractivity contribution < 1.29 is 4.79 Å². The lowest BCUT2D eigenvalue weighted by Gasteiger charge is -2.15. The van der Waals surface area contributed by atoms with E-state index in [0.29, 0.717) is 11.6 Å². The quantitative estimate of drug-likeness (QED) is 0.884. The maximum atomic E-state index is 12.7. The number of nitrogens with zero attached hydrogens (tertiary/aromatic N) is 4. The van der Waals surface area contributed by atoms with E-state index >= 15 is 0 Å². The molecule has 2 heterocycles. The summed E-state index contributed by atoms with van der Waals surface area (Å²) in [6, 6.07) is 7.78. The van der Waals surface area contributed by atoms with Crippen LogP contribution >= 0.6 is 15.9 Å². The minimum absolute atomic E-state index is 0.0256. The SMILES string of the molecule is CNC[C@@H]1CCN(C(=O)c2nnn(-c3cccc(Br)c3)c2C)C1. The molecule has 1 saturated heterocycles. The number of hydrogen-bond donors (Lipinski definition) is 1. The zero-order valence-electron chi connectivity index (χ0n) is 13.3. The molecule has 7 heteroatoms. The zero-order chi connectivity index (χ0) is 16.4. The molecule has 0 saturated carbocycles. The zero-order valence-corrected chi connectivity index (χ0v) is 14.9. The van der Waals surface area contributed by atoms with E-state index in [2.05, 4.69) is 31.6 Å². The lowest BCUT2D eigenvalue weighted by molar-refractivity contribution is 0.0780. The van der Waals surface area contributed by atoms with Gasteiger partial charge in [0.2, 0.25) is 0 Å². The summed E-state index contributed by atoms with van der Waals surface area (Å²) in [7, 11) is 1.94. The monoisotopic (exact) mass is 377 g/mol. The molecule has 1 amide bonds. The highest BCUT2D eigenvalue weighted by atomic mass is 79.9. The summed E-state index contributed by atoms with van der Waals surface area (Å²) in [4.78, 5) is 14.6. The van der Waals surface area contributed by atoms with Crippen LogP contribution in [0.4, 0.5) is 0 Å². The Morgan fingerprint density at radius 2 is 2.30 bits per heavy atom. The molecule has 1 aromatic carbocycles. The van der Waals surface area contributed by atoms with Gasteiger partial charge in [-0.15, -0.1) is 5.10 Å². The second kappa shape index (κ2) is 6.80. The van der Waals surface area contributed by atoms with Crippen molar-refractivity contribution in [3.63, 3.8) is 0 Å². The predicted octanol–water partition coefficient (Wildman–Crippen LogP) is 2.02. The summed E-state index contributed by atoms with van der Waals surface area (Å²) >= 11 is 3.45. The van der Waals surface area contributed by atoms with Crippen LogP contribution in [-0.4, -0.2) is 52.5 Å². The van der Waals surface area contributed by atoms with Crippen molar-refractivity contribution in [2.24, 2.45) is 5.92 Å². The van der Waals surface area contributed by atoms with E-state index in [1.807, 2.05) is 43.1 Å². The number of likely N-dealkylation sites (tertiary alicyclic amines) is 1. The normalized spacial score (nSPS) is 17.7. The molecule has 122 valence electrons. The Kier molecular flexibility index (Phi) is 4.77. The molecule has 0 bridgehead atoms. The number of carbonyl (C=O) groups excluding carboxylic acids is 1. The summed E-state index contributed by atoms with van der Waals surface area (Å²) in [5, 5.41) is 11.5. The van der Waals surface area contributed by atoms with E-state index in [0.717, 1.165) is 41.9 Å². The Morgan fingerprint density at radius 1 is 1.48 bits per heavy atom. The van der Waals surface area contributed by atoms with Crippen LogP contribution in [0.25, 0.3) is 5.69 Å². The number of amides is 1. The van der Waals surface area contributed by atoms with E-state index in [9.17, 15) is 4.79 Å². The van der Waals surface area contributed by atoms with Gasteiger partial charge in [-0.1, -0.05) is 27.2 Å². The van der Waals surface area contributed by atoms with Gasteiger partial charge in [-0.3, -0.25) is 4.79 Å². The minimum atomic E-state index is -0.0256. The van der Waals surface area contributed by atoms with E-state index in [1.54, 1.807) is 4.68 Å². The van der Waals surface area contributed by atoms with Crippen molar-refractivity contribution in [3.05, 3.63) is 40.1 Å². The molecule has 1 aliphatic rings. The number of hydrogen-bond acceptors (Lipinski definition) is 4. The molecule has 0 aliphatic carbocycles. The number of nitrogens with one attached hydrogen (secondary N) is 1. The van der Waals surface area contributed by atoms with Crippen molar-refractivity contribution in [1.82, 2.24) is 25.2 Å².